The highest BCUT2D eigenvalue weighted by atomic mass is 35.5. The van der Waals surface area contributed by atoms with Crippen molar-refractivity contribution in [3.8, 4) is 5.75 Å². The molecule has 1 aromatic carbocycles. The molecule has 2 nitrogen and oxygen atoms in total. The molecule has 1 aliphatic rings. The summed E-state index contributed by atoms with van der Waals surface area (Å²) in [4.78, 5) is 0. The Labute approximate surface area is 88.1 Å². The molecule has 0 radical (unpaired) electrons. The Morgan fingerprint density at radius 3 is 2.50 bits per heavy atom. The summed E-state index contributed by atoms with van der Waals surface area (Å²) in [6.07, 6.45) is 1.63. The molecular formula is C11H13ClO2. The van der Waals surface area contributed by atoms with Crippen molar-refractivity contribution in [1.82, 2.24) is 0 Å². The number of hydrogen-bond acceptors (Lipinski definition) is 2. The molecule has 1 fully saturated rings. The van der Waals surface area contributed by atoms with Gasteiger partial charge in [0.2, 0.25) is 0 Å². The molecule has 76 valence electrons. The van der Waals surface area contributed by atoms with Crippen molar-refractivity contribution in [3.63, 3.8) is 0 Å². The van der Waals surface area contributed by atoms with Crippen LogP contribution in [0, 0.1) is 0 Å². The quantitative estimate of drug-likeness (QED) is 0.791. The van der Waals surface area contributed by atoms with Crippen molar-refractivity contribution in [1.29, 1.82) is 0 Å². The van der Waals surface area contributed by atoms with E-state index in [1.165, 1.54) is 0 Å². The number of aliphatic hydroxyl groups excluding tert-OH is 1. The highest BCUT2D eigenvalue weighted by Crippen LogP contribution is 2.51. The molecule has 0 aromatic heterocycles. The number of aromatic hydroxyl groups is 1. The molecule has 1 atom stereocenters. The lowest BCUT2D eigenvalue weighted by molar-refractivity contribution is 0.150. The van der Waals surface area contributed by atoms with Gasteiger partial charge in [-0.25, -0.2) is 0 Å². The normalized spacial score (nSPS) is 20.5. The van der Waals surface area contributed by atoms with Crippen LogP contribution in [0.2, 0.25) is 5.02 Å². The lowest BCUT2D eigenvalue weighted by Gasteiger charge is -2.19. The number of rotatable bonds is 2. The molecule has 2 N–H and O–H groups in total. The Balaban J connectivity index is 2.38. The Hall–Kier alpha value is -0.730. The van der Waals surface area contributed by atoms with Gasteiger partial charge in [0.15, 0.2) is 0 Å². The molecule has 0 bridgehead atoms. The molecule has 0 saturated heterocycles. The van der Waals surface area contributed by atoms with E-state index in [1.54, 1.807) is 19.1 Å². The second kappa shape index (κ2) is 3.14. The van der Waals surface area contributed by atoms with Gasteiger partial charge in [0.1, 0.15) is 5.75 Å². The summed E-state index contributed by atoms with van der Waals surface area (Å²) < 4.78 is 0. The highest BCUT2D eigenvalue weighted by molar-refractivity contribution is 6.32. The summed E-state index contributed by atoms with van der Waals surface area (Å²) in [5.74, 6) is 0.0943. The maximum atomic E-state index is 9.65. The molecule has 1 saturated carbocycles. The van der Waals surface area contributed by atoms with Crippen LogP contribution in [0.15, 0.2) is 18.2 Å². The van der Waals surface area contributed by atoms with Gasteiger partial charge in [-0.15, -0.1) is 0 Å². The van der Waals surface area contributed by atoms with Crippen molar-refractivity contribution in [3.05, 3.63) is 28.8 Å². The average molecular weight is 213 g/mol. The van der Waals surface area contributed by atoms with Crippen LogP contribution in [0.4, 0.5) is 0 Å². The third kappa shape index (κ3) is 1.39. The highest BCUT2D eigenvalue weighted by Gasteiger charge is 2.48. The number of aliphatic hydroxyl groups is 1. The summed E-state index contributed by atoms with van der Waals surface area (Å²) >= 11 is 5.82. The summed E-state index contributed by atoms with van der Waals surface area (Å²) in [7, 11) is 0. The van der Waals surface area contributed by atoms with E-state index in [-0.39, 0.29) is 17.3 Å². The zero-order valence-corrected chi connectivity index (χ0v) is 8.75. The minimum atomic E-state index is -0.358. The van der Waals surface area contributed by atoms with E-state index in [0.29, 0.717) is 5.02 Å². The van der Waals surface area contributed by atoms with Gasteiger partial charge in [0, 0.05) is 5.41 Å². The van der Waals surface area contributed by atoms with Gasteiger partial charge in [-0.1, -0.05) is 17.7 Å². The summed E-state index contributed by atoms with van der Waals surface area (Å²) in [6, 6.07) is 5.16. The van der Waals surface area contributed by atoms with Crippen molar-refractivity contribution in [2.24, 2.45) is 0 Å². The van der Waals surface area contributed by atoms with Crippen molar-refractivity contribution < 1.29 is 10.2 Å². The molecule has 1 aliphatic carbocycles. The van der Waals surface area contributed by atoms with Crippen molar-refractivity contribution in [2.75, 3.05) is 0 Å². The number of hydrogen-bond donors (Lipinski definition) is 2. The van der Waals surface area contributed by atoms with Gasteiger partial charge in [-0.3, -0.25) is 0 Å². The largest absolute Gasteiger partial charge is 0.506 e. The van der Waals surface area contributed by atoms with Gasteiger partial charge in [0.05, 0.1) is 11.1 Å². The van der Waals surface area contributed by atoms with Gasteiger partial charge in [0.25, 0.3) is 0 Å². The maximum absolute atomic E-state index is 9.65. The molecule has 0 heterocycles. The predicted molar refractivity (Wildman–Crippen MR) is 55.7 cm³/mol. The third-order valence-corrected chi connectivity index (χ3v) is 3.41. The zero-order valence-electron chi connectivity index (χ0n) is 8.00. The van der Waals surface area contributed by atoms with Gasteiger partial charge >= 0.3 is 0 Å². The van der Waals surface area contributed by atoms with E-state index in [9.17, 15) is 10.2 Å². The molecule has 14 heavy (non-hydrogen) atoms. The average Bonchev–Trinajstić information content (AvgIpc) is 2.90. The van der Waals surface area contributed by atoms with E-state index in [0.717, 1.165) is 18.4 Å². The van der Waals surface area contributed by atoms with Crippen LogP contribution in [0.5, 0.6) is 5.75 Å². The van der Waals surface area contributed by atoms with Crippen LogP contribution in [0.25, 0.3) is 0 Å². The minimum Gasteiger partial charge on any atom is -0.506 e. The zero-order chi connectivity index (χ0) is 10.3. The fourth-order valence-electron chi connectivity index (χ4n) is 1.90. The third-order valence-electron chi connectivity index (χ3n) is 3.11. The summed E-state index contributed by atoms with van der Waals surface area (Å²) in [5.41, 5.74) is 0.910. The Bertz CT molecular complexity index is 356. The van der Waals surface area contributed by atoms with Gasteiger partial charge in [-0.2, -0.15) is 0 Å². The Morgan fingerprint density at radius 1 is 1.43 bits per heavy atom. The van der Waals surface area contributed by atoms with Crippen molar-refractivity contribution >= 4 is 11.6 Å². The van der Waals surface area contributed by atoms with E-state index in [4.69, 9.17) is 11.6 Å². The fourth-order valence-corrected chi connectivity index (χ4v) is 2.08. The number of benzene rings is 1. The molecular weight excluding hydrogens is 200 g/mol. The van der Waals surface area contributed by atoms with E-state index in [2.05, 4.69) is 0 Å². The first-order valence-electron chi connectivity index (χ1n) is 4.73. The molecule has 3 heteroatoms. The van der Waals surface area contributed by atoms with Gasteiger partial charge in [-0.05, 0) is 37.5 Å². The molecule has 2 rings (SSSR count). The van der Waals surface area contributed by atoms with E-state index < -0.39 is 0 Å². The summed E-state index contributed by atoms with van der Waals surface area (Å²) in [5, 5.41) is 19.3. The van der Waals surface area contributed by atoms with Crippen LogP contribution < -0.4 is 0 Å². The topological polar surface area (TPSA) is 40.5 Å². The monoisotopic (exact) mass is 212 g/mol. The first-order chi connectivity index (χ1) is 6.56. The van der Waals surface area contributed by atoms with Crippen LogP contribution in [0.3, 0.4) is 0 Å². The smallest absolute Gasteiger partial charge is 0.134 e. The Kier molecular flexibility index (Phi) is 2.20. The minimum absolute atomic E-state index is 0.0943. The van der Waals surface area contributed by atoms with E-state index >= 15 is 0 Å². The lowest BCUT2D eigenvalue weighted by Crippen LogP contribution is -2.22. The second-order valence-electron chi connectivity index (χ2n) is 4.00. The lowest BCUT2D eigenvalue weighted by atomic mass is 9.91. The standard InChI is InChI=1S/C11H13ClO2/c1-7(13)11(4-5-11)8-2-3-10(14)9(12)6-8/h2-3,6-7,13-14H,4-5H2,1H3. The van der Waals surface area contributed by atoms with Crippen molar-refractivity contribution in [2.45, 2.75) is 31.3 Å². The van der Waals surface area contributed by atoms with Crippen LogP contribution >= 0.6 is 11.6 Å². The second-order valence-corrected chi connectivity index (χ2v) is 4.41. The SMILES string of the molecule is CC(O)C1(c2ccc(O)c(Cl)c2)CC1. The molecule has 1 aromatic rings. The first-order valence-corrected chi connectivity index (χ1v) is 5.11. The van der Waals surface area contributed by atoms with Crippen LogP contribution in [-0.4, -0.2) is 16.3 Å². The fraction of sp³-hybridized carbons (Fsp3) is 0.455. The molecule has 0 spiro atoms. The van der Waals surface area contributed by atoms with Crippen LogP contribution in [-0.2, 0) is 5.41 Å². The van der Waals surface area contributed by atoms with Crippen LogP contribution in [0.1, 0.15) is 25.3 Å². The molecule has 1 unspecified atom stereocenters. The molecule has 0 amide bonds. The number of phenolic OH excluding ortho intramolecular Hbond substituents is 1. The molecule has 0 aliphatic heterocycles. The summed E-state index contributed by atoms with van der Waals surface area (Å²) in [6.45, 7) is 1.80. The maximum Gasteiger partial charge on any atom is 0.134 e. The number of phenols is 1. The van der Waals surface area contributed by atoms with Gasteiger partial charge < -0.3 is 10.2 Å². The first kappa shape index (κ1) is 9.81. The Morgan fingerprint density at radius 2 is 2.07 bits per heavy atom. The predicted octanol–water partition coefficient (Wildman–Crippen LogP) is 2.46. The van der Waals surface area contributed by atoms with E-state index in [1.807, 2.05) is 6.07 Å². The number of halogens is 1.